The monoisotopic (exact) mass is 1470 g/mol. The summed E-state index contributed by atoms with van der Waals surface area (Å²) in [6, 6.07) is 153. The molecule has 0 bridgehead atoms. The fourth-order valence-corrected chi connectivity index (χ4v) is 19.0. The molecule has 0 radical (unpaired) electrons. The van der Waals surface area contributed by atoms with Gasteiger partial charge in [-0.25, -0.2) is 0 Å². The van der Waals surface area contributed by atoms with Gasteiger partial charge in [0.05, 0.1) is 95.2 Å². The molecule has 6 heteroatoms. The van der Waals surface area contributed by atoms with Crippen LogP contribution in [0, 0.1) is 18.3 Å². The Hall–Kier alpha value is -15.6. The zero-order valence-corrected chi connectivity index (χ0v) is 63.4. The van der Waals surface area contributed by atoms with Gasteiger partial charge in [0, 0.05) is 59.4 Å². The van der Waals surface area contributed by atoms with Crippen molar-refractivity contribution >= 4 is 109 Å². The van der Waals surface area contributed by atoms with E-state index in [-0.39, 0.29) is 0 Å². The van der Waals surface area contributed by atoms with Crippen molar-refractivity contribution in [1.82, 2.24) is 22.8 Å². The molecule has 0 N–H and O–H groups in total. The average molecular weight is 1480 g/mol. The van der Waals surface area contributed by atoms with Gasteiger partial charge >= 0.3 is 0 Å². The molecule has 0 fully saturated rings. The van der Waals surface area contributed by atoms with E-state index in [1.165, 1.54) is 0 Å². The molecule has 0 atom stereocenters. The Morgan fingerprint density at radius 1 is 0.172 bits per heavy atom. The summed E-state index contributed by atoms with van der Waals surface area (Å²) in [6.45, 7) is 2.11. The van der Waals surface area contributed by atoms with Crippen molar-refractivity contribution in [1.29, 1.82) is 5.26 Å². The van der Waals surface area contributed by atoms with Gasteiger partial charge in [-0.05, 0) is 194 Å². The molecule has 540 valence electrons. The molecular weight excluding hydrogens is 1410 g/mol. The third-order valence-electron chi connectivity index (χ3n) is 24.2. The minimum atomic E-state index is 0.603. The zero-order valence-electron chi connectivity index (χ0n) is 63.4. The SMILES string of the molecule is Cc1cc(-c2c(-n3c4ccc(-c5ccccc5)cc4c4cc(-c5ccccc5)ccc43)c(-n3c4ccccc4c4ccccc43)c(-n3c4ccc(-c5ccccc5)cc4c4cc(-c5ccccc5)ccc43)c(-n3c4ccccc4c4ccccc43)c2-n2c3ccc(-c4ccccc4)cc3c3cc(-c4ccccc4)ccc32)ccc1C#N. The first-order valence-electron chi connectivity index (χ1n) is 39.8. The van der Waals surface area contributed by atoms with Crippen LogP contribution in [0.5, 0.6) is 0 Å². The summed E-state index contributed by atoms with van der Waals surface area (Å²) in [5.74, 6) is 0. The molecule has 0 aliphatic heterocycles. The van der Waals surface area contributed by atoms with Gasteiger partial charge in [-0.3, -0.25) is 0 Å². The van der Waals surface area contributed by atoms with Crippen LogP contribution in [0.3, 0.4) is 0 Å². The van der Waals surface area contributed by atoms with E-state index in [9.17, 15) is 5.26 Å². The third-order valence-corrected chi connectivity index (χ3v) is 24.2. The first-order valence-corrected chi connectivity index (χ1v) is 39.8. The zero-order chi connectivity index (χ0) is 76.6. The molecule has 0 saturated heterocycles. The molecule has 18 aromatic carbocycles. The van der Waals surface area contributed by atoms with Crippen LogP contribution in [0.15, 0.2) is 406 Å². The van der Waals surface area contributed by atoms with Crippen LogP contribution in [-0.4, -0.2) is 22.8 Å². The second-order valence-electron chi connectivity index (χ2n) is 30.6. The highest BCUT2D eigenvalue weighted by atomic mass is 15.2. The van der Waals surface area contributed by atoms with Gasteiger partial charge in [-0.1, -0.05) is 297 Å². The lowest BCUT2D eigenvalue weighted by molar-refractivity contribution is 1.00. The van der Waals surface area contributed by atoms with E-state index in [1.807, 2.05) is 0 Å². The van der Waals surface area contributed by atoms with Crippen molar-refractivity contribution in [3.8, 4) is 112 Å². The molecule has 0 saturated carbocycles. The Kier molecular flexibility index (Phi) is 15.2. The average Bonchev–Trinajstić information content (AvgIpc) is 1.46. The summed E-state index contributed by atoms with van der Waals surface area (Å²) < 4.78 is 13.2. The van der Waals surface area contributed by atoms with Gasteiger partial charge in [0.25, 0.3) is 0 Å². The summed E-state index contributed by atoms with van der Waals surface area (Å²) in [5, 5.41) is 22.4. The smallest absolute Gasteiger partial charge is 0.0994 e. The number of aryl methyl sites for hydroxylation is 1. The molecule has 0 aliphatic carbocycles. The Labute approximate surface area is 669 Å². The van der Waals surface area contributed by atoms with E-state index < -0.39 is 0 Å². The first-order chi connectivity index (χ1) is 57.5. The molecule has 0 spiro atoms. The number of benzene rings is 18. The van der Waals surface area contributed by atoms with Crippen molar-refractivity contribution < 1.29 is 0 Å². The van der Waals surface area contributed by atoms with Gasteiger partial charge in [-0.2, -0.15) is 5.26 Å². The van der Waals surface area contributed by atoms with E-state index in [4.69, 9.17) is 0 Å². The van der Waals surface area contributed by atoms with Crippen LogP contribution in [0.2, 0.25) is 0 Å². The van der Waals surface area contributed by atoms with Crippen molar-refractivity contribution in [3.63, 3.8) is 0 Å². The van der Waals surface area contributed by atoms with Crippen LogP contribution in [0.25, 0.3) is 215 Å². The highest BCUT2D eigenvalue weighted by Gasteiger charge is 2.38. The molecule has 23 aromatic rings. The van der Waals surface area contributed by atoms with Crippen LogP contribution in [0.1, 0.15) is 11.1 Å². The number of nitrogens with zero attached hydrogens (tertiary/aromatic N) is 6. The number of nitriles is 1. The Morgan fingerprint density at radius 2 is 0.371 bits per heavy atom. The molecule has 116 heavy (non-hydrogen) atoms. The topological polar surface area (TPSA) is 48.4 Å². The molecule has 6 nitrogen and oxygen atoms in total. The summed E-state index contributed by atoms with van der Waals surface area (Å²) in [6.07, 6.45) is 0. The van der Waals surface area contributed by atoms with Gasteiger partial charge in [-0.15, -0.1) is 0 Å². The van der Waals surface area contributed by atoms with E-state index in [0.717, 1.165) is 221 Å². The Morgan fingerprint density at radius 3 is 0.603 bits per heavy atom. The van der Waals surface area contributed by atoms with E-state index in [2.05, 4.69) is 442 Å². The largest absolute Gasteiger partial charge is 0.306 e. The normalized spacial score (nSPS) is 11.8. The fourth-order valence-electron chi connectivity index (χ4n) is 19.0. The minimum Gasteiger partial charge on any atom is -0.306 e. The number of hydrogen-bond donors (Lipinski definition) is 0. The van der Waals surface area contributed by atoms with Crippen molar-refractivity contribution in [2.75, 3.05) is 0 Å². The number of fused-ring (bicyclic) bond motifs is 15. The van der Waals surface area contributed by atoms with E-state index >= 15 is 0 Å². The lowest BCUT2D eigenvalue weighted by Crippen LogP contribution is -2.18. The van der Waals surface area contributed by atoms with Crippen LogP contribution in [0.4, 0.5) is 0 Å². The van der Waals surface area contributed by atoms with Crippen LogP contribution >= 0.6 is 0 Å². The highest BCUT2D eigenvalue weighted by Crippen LogP contribution is 2.56. The maximum atomic E-state index is 11.3. The predicted octanol–water partition coefficient (Wildman–Crippen LogP) is 29.0. The van der Waals surface area contributed by atoms with Gasteiger partial charge in [0.2, 0.25) is 0 Å². The minimum absolute atomic E-state index is 0.603. The fraction of sp³-hybridized carbons (Fsp3) is 0.00909. The molecular formula is C110H70N6. The van der Waals surface area contributed by atoms with Crippen molar-refractivity contribution in [2.45, 2.75) is 6.92 Å². The molecule has 0 amide bonds. The Bertz CT molecular complexity index is 7250. The summed E-state index contributed by atoms with van der Waals surface area (Å²) in [5.41, 5.74) is 31.8. The number of hydrogen-bond acceptors (Lipinski definition) is 1. The maximum absolute atomic E-state index is 11.3. The summed E-state index contributed by atoms with van der Waals surface area (Å²) >= 11 is 0. The second kappa shape index (κ2) is 26.6. The van der Waals surface area contributed by atoms with Gasteiger partial charge in [0.15, 0.2) is 0 Å². The van der Waals surface area contributed by atoms with Crippen molar-refractivity contribution in [3.05, 3.63) is 418 Å². The summed E-state index contributed by atoms with van der Waals surface area (Å²) in [7, 11) is 0. The maximum Gasteiger partial charge on any atom is 0.0994 e. The molecule has 0 aliphatic rings. The molecule has 5 heterocycles. The lowest BCUT2D eigenvalue weighted by Gasteiger charge is -2.32. The van der Waals surface area contributed by atoms with E-state index in [1.54, 1.807) is 0 Å². The number of rotatable bonds is 12. The second-order valence-corrected chi connectivity index (χ2v) is 30.6. The van der Waals surface area contributed by atoms with E-state index in [0.29, 0.717) is 5.56 Å². The predicted molar refractivity (Wildman–Crippen MR) is 486 cm³/mol. The van der Waals surface area contributed by atoms with Crippen LogP contribution < -0.4 is 0 Å². The number of aromatic nitrogens is 5. The van der Waals surface area contributed by atoms with Crippen LogP contribution in [-0.2, 0) is 0 Å². The Balaban J connectivity index is 1.05. The highest BCUT2D eigenvalue weighted by molar-refractivity contribution is 6.21. The number of para-hydroxylation sites is 4. The summed E-state index contributed by atoms with van der Waals surface area (Å²) in [4.78, 5) is 0. The van der Waals surface area contributed by atoms with Gasteiger partial charge in [0.1, 0.15) is 0 Å². The molecule has 0 unspecified atom stereocenters. The quantitative estimate of drug-likeness (QED) is 0.120. The van der Waals surface area contributed by atoms with Crippen molar-refractivity contribution in [2.24, 2.45) is 0 Å². The molecule has 5 aromatic heterocycles. The van der Waals surface area contributed by atoms with Gasteiger partial charge < -0.3 is 22.8 Å². The first kappa shape index (κ1) is 66.3. The molecule has 23 rings (SSSR count). The lowest BCUT2D eigenvalue weighted by atomic mass is 9.93. The third kappa shape index (κ3) is 10.3. The standard InChI is InChI=1S/C110H70N6/c1-70-62-83(48-49-84(70)69-111)105-106(112-99-56-50-77(71-28-8-2-9-29-71)63-89(99)90-64-78(51-57-100(90)112)72-30-10-3-11-31-72)108(114-95-44-24-20-40-85(95)86-41-21-25-45-96(86)114)110(116-103-60-54-81(75-36-16-6-17-37-75)67-93(103)94-68-82(55-61-104(94)116)76-38-18-7-19-39-76)109(115-97-46-26-22-42-87(97)88-43-23-27-47-98(88)115)107(105)113-101-58-52-79(73-32-12-4-13-33-73)65-91(101)92-66-80(53-59-102(92)113)74-34-14-5-15-35-74/h2-68H,1H3.